The van der Waals surface area contributed by atoms with Gasteiger partial charge in [0.15, 0.2) is 0 Å². The van der Waals surface area contributed by atoms with Crippen LogP contribution in [0.25, 0.3) is 16.8 Å². The average Bonchev–Trinajstić information content (AvgIpc) is 3.03. The van der Waals surface area contributed by atoms with E-state index >= 15 is 0 Å². The summed E-state index contributed by atoms with van der Waals surface area (Å²) in [7, 11) is -4.21. The zero-order valence-electron chi connectivity index (χ0n) is 16.3. The molecule has 0 atom stereocenters. The molecule has 2 heterocycles. The molecule has 0 amide bonds. The van der Waals surface area contributed by atoms with Crippen LogP contribution in [0.3, 0.4) is 0 Å². The van der Waals surface area contributed by atoms with Crippen molar-refractivity contribution in [3.63, 3.8) is 0 Å². The molecule has 2 aromatic carbocycles. The smallest absolute Gasteiger partial charge is 0.368 e. The largest absolute Gasteiger partial charge is 0.417 e. The number of anilines is 2. The first-order valence-corrected chi connectivity index (χ1v) is 10.9. The predicted molar refractivity (Wildman–Crippen MR) is 109 cm³/mol. The molecule has 176 valence electrons. The molecule has 1 saturated heterocycles. The van der Waals surface area contributed by atoms with E-state index in [0.717, 1.165) is 35.0 Å². The van der Waals surface area contributed by atoms with Crippen molar-refractivity contribution in [3.05, 3.63) is 47.0 Å². The lowest BCUT2D eigenvalue weighted by Crippen LogP contribution is -2.58. The van der Waals surface area contributed by atoms with Crippen LogP contribution in [0, 0.1) is 0 Å². The van der Waals surface area contributed by atoms with Crippen LogP contribution < -0.4 is 11.5 Å². The highest BCUT2D eigenvalue weighted by Gasteiger charge is 2.49. The first kappa shape index (κ1) is 23.2. The molecular formula is C18H14ClF5N6O2S. The molecule has 0 saturated carbocycles. The molecule has 0 radical (unpaired) electrons. The normalized spacial score (nSPS) is 16.5. The Bertz CT molecular complexity index is 1330. The van der Waals surface area contributed by atoms with Crippen LogP contribution in [-0.2, 0) is 16.2 Å². The summed E-state index contributed by atoms with van der Waals surface area (Å²) in [5, 5.41) is 3.41. The van der Waals surface area contributed by atoms with Crippen molar-refractivity contribution in [3.8, 4) is 16.8 Å². The molecule has 4 N–H and O–H groups in total. The van der Waals surface area contributed by atoms with Gasteiger partial charge >= 0.3 is 6.18 Å². The van der Waals surface area contributed by atoms with E-state index < -0.39 is 46.3 Å². The summed E-state index contributed by atoms with van der Waals surface area (Å²) in [5.41, 5.74) is 9.30. The highest BCUT2D eigenvalue weighted by Crippen LogP contribution is 2.43. The molecule has 4 rings (SSSR count). The minimum Gasteiger partial charge on any atom is -0.368 e. The number of nitrogens with two attached hydrogens (primary N) is 2. The highest BCUT2D eigenvalue weighted by molar-refractivity contribution is 7.89. The Labute approximate surface area is 188 Å². The second-order valence-corrected chi connectivity index (χ2v) is 9.59. The number of alkyl halides is 5. The second-order valence-electron chi connectivity index (χ2n) is 7.24. The van der Waals surface area contributed by atoms with Gasteiger partial charge in [-0.25, -0.2) is 17.2 Å². The number of benzene rings is 2. The van der Waals surface area contributed by atoms with Gasteiger partial charge < -0.3 is 11.5 Å². The molecule has 1 fully saturated rings. The zero-order valence-corrected chi connectivity index (χ0v) is 17.9. The topological polar surface area (TPSA) is 120 Å². The molecule has 0 aliphatic carbocycles. The molecular weight excluding hydrogens is 495 g/mol. The van der Waals surface area contributed by atoms with Crippen molar-refractivity contribution in [1.82, 2.24) is 19.1 Å². The van der Waals surface area contributed by atoms with Gasteiger partial charge in [0.2, 0.25) is 21.9 Å². The summed E-state index contributed by atoms with van der Waals surface area (Å²) < 4.78 is 94.1. The third kappa shape index (κ3) is 4.20. The summed E-state index contributed by atoms with van der Waals surface area (Å²) in [4.78, 5) is 3.29. The number of hydrogen-bond donors (Lipinski definition) is 2. The maximum atomic E-state index is 13.9. The lowest BCUT2D eigenvalue weighted by Gasteiger charge is -2.37. The van der Waals surface area contributed by atoms with E-state index in [1.807, 2.05) is 0 Å². The number of sulfonamides is 1. The van der Waals surface area contributed by atoms with E-state index in [1.54, 1.807) is 0 Å². The highest BCUT2D eigenvalue weighted by atomic mass is 35.5. The van der Waals surface area contributed by atoms with E-state index in [0.29, 0.717) is 4.31 Å². The standard InChI is InChI=1S/C18H14ClF5N6O2S/c19-13-6-10(30-16(26)27-15(25)28-30)5-12(18(22,23)24)14(13)9-1-3-11(4-2-9)33(31,32)29-7-17(20,21)8-29/h1-6H,7-8H2,(H4,25,26,27,28). The van der Waals surface area contributed by atoms with E-state index in [9.17, 15) is 30.4 Å². The molecule has 0 unspecified atom stereocenters. The molecule has 15 heteroatoms. The van der Waals surface area contributed by atoms with Gasteiger partial charge in [-0.2, -0.15) is 27.1 Å². The number of hydrogen-bond acceptors (Lipinski definition) is 6. The SMILES string of the molecule is Nc1nc(N)n(-c2cc(Cl)c(-c3ccc(S(=O)(=O)N4CC(F)(F)C4)cc3)c(C(F)(F)F)c2)n1. The molecule has 3 aromatic rings. The van der Waals surface area contributed by atoms with Crippen molar-refractivity contribution in [2.24, 2.45) is 0 Å². The number of halogens is 6. The average molecular weight is 509 g/mol. The van der Waals surface area contributed by atoms with Crippen LogP contribution >= 0.6 is 11.6 Å². The summed E-state index contributed by atoms with van der Waals surface area (Å²) in [5.74, 6) is -3.62. The Kier molecular flexibility index (Phi) is 5.29. The van der Waals surface area contributed by atoms with Gasteiger partial charge in [0.05, 0.1) is 34.3 Å². The van der Waals surface area contributed by atoms with Gasteiger partial charge in [0.25, 0.3) is 5.92 Å². The summed E-state index contributed by atoms with van der Waals surface area (Å²) in [6.07, 6.45) is -4.86. The van der Waals surface area contributed by atoms with Gasteiger partial charge in [0.1, 0.15) is 0 Å². The Morgan fingerprint density at radius 2 is 1.67 bits per heavy atom. The van der Waals surface area contributed by atoms with Crippen molar-refractivity contribution in [2.75, 3.05) is 24.6 Å². The first-order valence-electron chi connectivity index (χ1n) is 9.06. The van der Waals surface area contributed by atoms with Gasteiger partial charge in [-0.3, -0.25) is 0 Å². The van der Waals surface area contributed by atoms with E-state index in [4.69, 9.17) is 23.1 Å². The minimum absolute atomic E-state index is 0.0437. The molecule has 0 bridgehead atoms. The van der Waals surface area contributed by atoms with Crippen molar-refractivity contribution < 1.29 is 30.4 Å². The van der Waals surface area contributed by atoms with Crippen molar-refractivity contribution in [2.45, 2.75) is 17.0 Å². The fourth-order valence-corrected chi connectivity index (χ4v) is 5.16. The van der Waals surface area contributed by atoms with Gasteiger partial charge in [-0.1, -0.05) is 23.7 Å². The van der Waals surface area contributed by atoms with Crippen molar-refractivity contribution >= 4 is 33.5 Å². The monoisotopic (exact) mass is 508 g/mol. The van der Waals surface area contributed by atoms with Crippen LogP contribution in [0.1, 0.15) is 5.56 Å². The van der Waals surface area contributed by atoms with Crippen LogP contribution in [0.4, 0.5) is 33.8 Å². The number of aromatic nitrogens is 3. The van der Waals surface area contributed by atoms with Crippen LogP contribution in [0.5, 0.6) is 0 Å². The Morgan fingerprint density at radius 3 is 2.15 bits per heavy atom. The van der Waals surface area contributed by atoms with E-state index in [1.165, 1.54) is 6.07 Å². The predicted octanol–water partition coefficient (Wildman–Crippen LogP) is 3.41. The molecule has 1 aliphatic rings. The van der Waals surface area contributed by atoms with Crippen LogP contribution in [0.2, 0.25) is 5.02 Å². The number of nitrogen functional groups attached to an aromatic ring is 2. The minimum atomic E-state index is -4.86. The Morgan fingerprint density at radius 1 is 1.06 bits per heavy atom. The third-order valence-electron chi connectivity index (χ3n) is 4.87. The van der Waals surface area contributed by atoms with Gasteiger partial charge in [-0.05, 0) is 29.8 Å². The third-order valence-corrected chi connectivity index (χ3v) is 6.97. The molecule has 8 nitrogen and oxygen atoms in total. The molecule has 1 aliphatic heterocycles. The number of nitrogens with zero attached hydrogens (tertiary/aromatic N) is 4. The summed E-state index contributed by atoms with van der Waals surface area (Å²) in [6.45, 7) is -1.92. The fourth-order valence-electron chi connectivity index (χ4n) is 3.34. The number of rotatable bonds is 4. The van der Waals surface area contributed by atoms with Crippen LogP contribution in [0.15, 0.2) is 41.3 Å². The summed E-state index contributed by atoms with van der Waals surface area (Å²) in [6, 6.07) is 6.21. The first-order chi connectivity index (χ1) is 15.2. The van der Waals surface area contributed by atoms with Crippen LogP contribution in [-0.4, -0.2) is 46.5 Å². The molecule has 0 spiro atoms. The van der Waals surface area contributed by atoms with Gasteiger partial charge in [0, 0.05) is 5.56 Å². The van der Waals surface area contributed by atoms with Crippen molar-refractivity contribution in [1.29, 1.82) is 0 Å². The Balaban J connectivity index is 1.77. The Hall–Kier alpha value is -2.97. The second kappa shape index (κ2) is 7.53. The lowest BCUT2D eigenvalue weighted by atomic mass is 9.98. The zero-order chi connectivity index (χ0) is 24.3. The van der Waals surface area contributed by atoms with E-state index in [-0.39, 0.29) is 33.1 Å². The maximum absolute atomic E-state index is 13.9. The molecule has 33 heavy (non-hydrogen) atoms. The van der Waals surface area contributed by atoms with Gasteiger partial charge in [-0.15, -0.1) is 5.10 Å². The fraction of sp³-hybridized carbons (Fsp3) is 0.222. The quantitative estimate of drug-likeness (QED) is 0.521. The van der Waals surface area contributed by atoms with E-state index in [2.05, 4.69) is 10.1 Å². The summed E-state index contributed by atoms with van der Waals surface area (Å²) >= 11 is 6.18. The maximum Gasteiger partial charge on any atom is 0.417 e. The molecule has 1 aromatic heterocycles. The lowest BCUT2D eigenvalue weighted by molar-refractivity contribution is -0.137.